The van der Waals surface area contributed by atoms with Crippen LogP contribution in [-0.2, 0) is 4.74 Å². The summed E-state index contributed by atoms with van der Waals surface area (Å²) in [7, 11) is 0. The number of nitrogens with zero attached hydrogens (tertiary/aromatic N) is 3. The predicted molar refractivity (Wildman–Crippen MR) is 137 cm³/mol. The van der Waals surface area contributed by atoms with Crippen LogP contribution >= 0.6 is 11.6 Å². The van der Waals surface area contributed by atoms with Crippen molar-refractivity contribution in [1.29, 1.82) is 0 Å². The normalized spacial score (nSPS) is 19.8. The van der Waals surface area contributed by atoms with E-state index in [4.69, 9.17) is 16.3 Å². The molecule has 4 rings (SSSR count). The highest BCUT2D eigenvalue weighted by Gasteiger charge is 2.41. The summed E-state index contributed by atoms with van der Waals surface area (Å²) in [4.78, 5) is 31.6. The van der Waals surface area contributed by atoms with Crippen LogP contribution in [0, 0.1) is 5.82 Å². The van der Waals surface area contributed by atoms with Crippen LogP contribution < -0.4 is 15.1 Å². The number of nitrogens with one attached hydrogen (secondary N) is 1. The first-order valence-corrected chi connectivity index (χ1v) is 12.5. The fourth-order valence-electron chi connectivity index (χ4n) is 4.51. The van der Waals surface area contributed by atoms with Gasteiger partial charge in [0, 0.05) is 38.2 Å². The molecule has 7 nitrogen and oxygen atoms in total. The van der Waals surface area contributed by atoms with Crippen molar-refractivity contribution in [3.05, 3.63) is 53.3 Å². The number of alkyl halides is 2. The largest absolute Gasteiger partial charge is 0.443 e. The van der Waals surface area contributed by atoms with Crippen molar-refractivity contribution in [1.82, 2.24) is 4.90 Å². The Morgan fingerprint density at radius 2 is 1.76 bits per heavy atom. The van der Waals surface area contributed by atoms with Crippen LogP contribution in [-0.4, -0.2) is 60.8 Å². The highest BCUT2D eigenvalue weighted by molar-refractivity contribution is 6.31. The van der Waals surface area contributed by atoms with Gasteiger partial charge in [-0.15, -0.1) is 0 Å². The van der Waals surface area contributed by atoms with Crippen molar-refractivity contribution in [3.8, 4) is 0 Å². The minimum absolute atomic E-state index is 0.0937. The van der Waals surface area contributed by atoms with E-state index in [0.717, 1.165) is 6.07 Å². The number of ether oxygens (including phenoxy) is 1. The Kier molecular flexibility index (Phi) is 7.62. The summed E-state index contributed by atoms with van der Waals surface area (Å²) in [5.74, 6) is -3.33. The molecule has 0 bridgehead atoms. The zero-order valence-electron chi connectivity index (χ0n) is 20.9. The van der Waals surface area contributed by atoms with Crippen molar-refractivity contribution in [2.75, 3.05) is 41.3 Å². The van der Waals surface area contributed by atoms with E-state index in [2.05, 4.69) is 5.32 Å². The van der Waals surface area contributed by atoms with Crippen LogP contribution in [0.4, 0.5) is 39.8 Å². The fourth-order valence-corrected chi connectivity index (χ4v) is 4.69. The first-order chi connectivity index (χ1) is 17.3. The van der Waals surface area contributed by atoms with Crippen LogP contribution in [0.25, 0.3) is 0 Å². The number of halogens is 4. The summed E-state index contributed by atoms with van der Waals surface area (Å²) >= 11 is 5.89. The van der Waals surface area contributed by atoms with E-state index in [1.807, 2.05) is 4.90 Å². The van der Waals surface area contributed by atoms with Crippen LogP contribution in [0.2, 0.25) is 5.02 Å². The van der Waals surface area contributed by atoms with Gasteiger partial charge in [0.05, 0.1) is 29.0 Å². The number of amides is 3. The molecule has 3 amide bonds. The van der Waals surface area contributed by atoms with Gasteiger partial charge in [-0.2, -0.15) is 0 Å². The molecule has 2 aromatic carbocycles. The third-order valence-electron chi connectivity index (χ3n) is 6.25. The summed E-state index contributed by atoms with van der Waals surface area (Å²) in [6.07, 6.45) is -1.11. The average molecular weight is 539 g/mol. The summed E-state index contributed by atoms with van der Waals surface area (Å²) < 4.78 is 46.8. The highest BCUT2D eigenvalue weighted by atomic mass is 35.5. The number of likely N-dealkylation sites (tertiary alicyclic amines) is 1. The molecule has 0 aromatic heterocycles. The maximum absolute atomic E-state index is 13.8. The molecule has 0 saturated carbocycles. The maximum Gasteiger partial charge on any atom is 0.414 e. The lowest BCUT2D eigenvalue weighted by molar-refractivity contribution is -0.0557. The van der Waals surface area contributed by atoms with Gasteiger partial charge in [-0.25, -0.2) is 22.8 Å². The molecule has 1 N–H and O–H groups in total. The molecule has 11 heteroatoms. The molecular weight excluding hydrogens is 509 g/mol. The Hall–Kier alpha value is -2.98. The zero-order valence-corrected chi connectivity index (χ0v) is 21.7. The number of anilines is 3. The molecule has 2 heterocycles. The van der Waals surface area contributed by atoms with Crippen LogP contribution in [0.1, 0.15) is 33.6 Å². The van der Waals surface area contributed by atoms with E-state index < -0.39 is 35.5 Å². The predicted octanol–water partition coefficient (Wildman–Crippen LogP) is 6.37. The smallest absolute Gasteiger partial charge is 0.414 e. The summed E-state index contributed by atoms with van der Waals surface area (Å²) in [5.41, 5.74) is 0.485. The number of hydrogen-bond donors (Lipinski definition) is 1. The molecule has 200 valence electrons. The standard InChI is InChI=1S/C26H30ClF3N4O3/c1-25(2,3)37-24(36)33-16-18(15-32-12-10-26(29,30)11-13-32)34(22-7-5-4-6-21(22)33)23(35)31-17-8-9-20(28)19(27)14-17/h4-9,14,18H,10-13,15-16H2,1-3H3,(H,31,35). The lowest BCUT2D eigenvalue weighted by Gasteiger charge is -2.44. The van der Waals surface area contributed by atoms with Gasteiger partial charge in [0.15, 0.2) is 0 Å². The molecule has 0 aliphatic carbocycles. The Bertz CT molecular complexity index is 1160. The van der Waals surface area contributed by atoms with Crippen molar-refractivity contribution in [2.45, 2.75) is 51.2 Å². The summed E-state index contributed by atoms with van der Waals surface area (Å²) in [6.45, 7) is 5.98. The van der Waals surface area contributed by atoms with Gasteiger partial charge in [0.1, 0.15) is 11.4 Å². The SMILES string of the molecule is CC(C)(C)OC(=O)N1CC(CN2CCC(F)(F)CC2)N(C(=O)Nc2ccc(F)c(Cl)c2)c2ccccc21. The first-order valence-electron chi connectivity index (χ1n) is 12.1. The topological polar surface area (TPSA) is 65.1 Å². The second-order valence-electron chi connectivity index (χ2n) is 10.3. The van der Waals surface area contributed by atoms with Crippen molar-refractivity contribution in [3.63, 3.8) is 0 Å². The molecule has 1 fully saturated rings. The molecule has 1 unspecified atom stereocenters. The van der Waals surface area contributed by atoms with E-state index in [1.54, 1.807) is 45.0 Å². The van der Waals surface area contributed by atoms with Gasteiger partial charge < -0.3 is 15.0 Å². The third-order valence-corrected chi connectivity index (χ3v) is 6.54. The first kappa shape index (κ1) is 27.1. The summed E-state index contributed by atoms with van der Waals surface area (Å²) in [6, 6.07) is 9.66. The van der Waals surface area contributed by atoms with Crippen molar-refractivity contribution < 1.29 is 27.5 Å². The number of piperidine rings is 1. The minimum Gasteiger partial charge on any atom is -0.443 e. The summed E-state index contributed by atoms with van der Waals surface area (Å²) in [5, 5.41) is 2.61. The van der Waals surface area contributed by atoms with Gasteiger partial charge in [0.25, 0.3) is 5.92 Å². The van der Waals surface area contributed by atoms with Crippen molar-refractivity contribution >= 4 is 40.8 Å². The third kappa shape index (κ3) is 6.48. The molecule has 37 heavy (non-hydrogen) atoms. The molecule has 0 spiro atoms. The number of para-hydroxylation sites is 2. The van der Waals surface area contributed by atoms with E-state index in [0.29, 0.717) is 17.1 Å². The quantitative estimate of drug-likeness (QED) is 0.493. The Labute approximate surface area is 219 Å². The van der Waals surface area contributed by atoms with E-state index in [-0.39, 0.29) is 44.0 Å². The van der Waals surface area contributed by atoms with Crippen molar-refractivity contribution in [2.24, 2.45) is 0 Å². The zero-order chi connectivity index (χ0) is 27.0. The average Bonchev–Trinajstić information content (AvgIpc) is 2.81. The minimum atomic E-state index is -2.71. The highest BCUT2D eigenvalue weighted by Crippen LogP contribution is 2.38. The van der Waals surface area contributed by atoms with Crippen LogP contribution in [0.5, 0.6) is 0 Å². The van der Waals surface area contributed by atoms with Gasteiger partial charge in [-0.3, -0.25) is 9.80 Å². The monoisotopic (exact) mass is 538 g/mol. The second-order valence-corrected chi connectivity index (χ2v) is 10.7. The Morgan fingerprint density at radius 1 is 1.11 bits per heavy atom. The van der Waals surface area contributed by atoms with Gasteiger partial charge >= 0.3 is 12.1 Å². The number of carbonyl (C=O) groups excluding carboxylic acids is 2. The Morgan fingerprint density at radius 3 is 2.38 bits per heavy atom. The number of rotatable bonds is 3. The van der Waals surface area contributed by atoms with Gasteiger partial charge in [-0.1, -0.05) is 23.7 Å². The van der Waals surface area contributed by atoms with E-state index in [1.165, 1.54) is 21.9 Å². The van der Waals surface area contributed by atoms with Gasteiger partial charge in [-0.05, 0) is 51.1 Å². The number of hydrogen-bond acceptors (Lipinski definition) is 4. The lowest BCUT2D eigenvalue weighted by atomic mass is 10.0. The van der Waals surface area contributed by atoms with Crippen LogP contribution in [0.3, 0.4) is 0 Å². The molecule has 2 aliphatic rings. The molecule has 2 aromatic rings. The lowest BCUT2D eigenvalue weighted by Crippen LogP contribution is -2.59. The Balaban J connectivity index is 1.67. The molecule has 2 aliphatic heterocycles. The molecule has 1 atom stereocenters. The van der Waals surface area contributed by atoms with E-state index >= 15 is 0 Å². The number of benzene rings is 2. The van der Waals surface area contributed by atoms with Gasteiger partial charge in [0.2, 0.25) is 0 Å². The molecule has 0 radical (unpaired) electrons. The van der Waals surface area contributed by atoms with E-state index in [9.17, 15) is 22.8 Å². The maximum atomic E-state index is 13.8. The van der Waals surface area contributed by atoms with Crippen LogP contribution in [0.15, 0.2) is 42.5 Å². The number of fused-ring (bicyclic) bond motifs is 1. The fraction of sp³-hybridized carbons (Fsp3) is 0.462. The number of carbonyl (C=O) groups is 2. The second kappa shape index (κ2) is 10.4. The molecule has 1 saturated heterocycles. The number of urea groups is 1. The molecular formula is C26H30ClF3N4O3.